The fraction of sp³-hybridized carbons (Fsp3) is 0.500. The van der Waals surface area contributed by atoms with E-state index in [0.717, 1.165) is 29.5 Å². The zero-order valence-electron chi connectivity index (χ0n) is 11.2. The van der Waals surface area contributed by atoms with Crippen LogP contribution in [0.1, 0.15) is 19.3 Å². The van der Waals surface area contributed by atoms with Crippen molar-refractivity contribution in [1.29, 1.82) is 0 Å². The molecule has 0 radical (unpaired) electrons. The Hall–Kier alpha value is -0.780. The van der Waals surface area contributed by atoms with Crippen molar-refractivity contribution < 1.29 is 9.53 Å². The monoisotopic (exact) mass is 362 g/mol. The Kier molecular flexibility index (Phi) is 7.34. The predicted molar refractivity (Wildman–Crippen MR) is 85.2 cm³/mol. The maximum absolute atomic E-state index is 11.8. The molecule has 2 unspecified atom stereocenters. The van der Waals surface area contributed by atoms with Crippen molar-refractivity contribution in [1.82, 2.24) is 5.32 Å². The van der Waals surface area contributed by atoms with Gasteiger partial charge in [0.1, 0.15) is 12.4 Å². The number of ether oxygens (including phenoxy) is 1. The van der Waals surface area contributed by atoms with Gasteiger partial charge in [-0.3, -0.25) is 4.79 Å². The molecule has 20 heavy (non-hydrogen) atoms. The van der Waals surface area contributed by atoms with Crippen LogP contribution in [0.2, 0.25) is 0 Å². The van der Waals surface area contributed by atoms with Gasteiger partial charge >= 0.3 is 0 Å². The molecule has 2 atom stereocenters. The number of nitrogens with one attached hydrogen (secondary N) is 1. The Morgan fingerprint density at radius 2 is 2.25 bits per heavy atom. The maximum Gasteiger partial charge on any atom is 0.223 e. The number of rotatable bonds is 5. The molecule has 0 aliphatic heterocycles. The molecule has 6 heteroatoms. The summed E-state index contributed by atoms with van der Waals surface area (Å²) < 4.78 is 6.53. The van der Waals surface area contributed by atoms with Gasteiger partial charge in [-0.25, -0.2) is 0 Å². The molecule has 112 valence electrons. The van der Waals surface area contributed by atoms with E-state index >= 15 is 0 Å². The van der Waals surface area contributed by atoms with Gasteiger partial charge in [-0.2, -0.15) is 0 Å². The van der Waals surface area contributed by atoms with E-state index in [1.165, 1.54) is 0 Å². The van der Waals surface area contributed by atoms with Gasteiger partial charge in [-0.05, 0) is 37.5 Å². The van der Waals surface area contributed by atoms with Gasteiger partial charge < -0.3 is 15.8 Å². The lowest BCUT2D eigenvalue weighted by Crippen LogP contribution is -2.33. The van der Waals surface area contributed by atoms with Crippen LogP contribution < -0.4 is 15.8 Å². The van der Waals surface area contributed by atoms with Crippen molar-refractivity contribution >= 4 is 34.2 Å². The number of hydrogen-bond donors (Lipinski definition) is 2. The Bertz CT molecular complexity index is 445. The molecule has 1 aromatic carbocycles. The molecule has 1 aromatic rings. The topological polar surface area (TPSA) is 64.4 Å². The molecule has 0 aromatic heterocycles. The fourth-order valence-corrected chi connectivity index (χ4v) is 2.68. The molecule has 3 N–H and O–H groups in total. The SMILES string of the molecule is Cl.NC1CCC(C(=O)NCCOc2cccc(Br)c2)C1. The van der Waals surface area contributed by atoms with Crippen LogP contribution in [0.25, 0.3) is 0 Å². The second kappa shape index (κ2) is 8.49. The summed E-state index contributed by atoms with van der Waals surface area (Å²) in [6.45, 7) is 0.998. The highest BCUT2D eigenvalue weighted by atomic mass is 79.9. The van der Waals surface area contributed by atoms with Crippen LogP contribution in [0.4, 0.5) is 0 Å². The normalized spacial score (nSPS) is 21.1. The summed E-state index contributed by atoms with van der Waals surface area (Å²) in [5, 5.41) is 2.90. The summed E-state index contributed by atoms with van der Waals surface area (Å²) in [5.74, 6) is 0.984. The first kappa shape index (κ1) is 17.3. The lowest BCUT2D eigenvalue weighted by Gasteiger charge is -2.11. The molecule has 0 saturated heterocycles. The predicted octanol–water partition coefficient (Wildman–Crippen LogP) is 2.49. The average Bonchev–Trinajstić information content (AvgIpc) is 2.81. The molecular weight excluding hydrogens is 344 g/mol. The molecule has 4 nitrogen and oxygen atoms in total. The van der Waals surface area contributed by atoms with Crippen LogP contribution in [-0.4, -0.2) is 25.1 Å². The third-order valence-corrected chi connectivity index (χ3v) is 3.80. The summed E-state index contributed by atoms with van der Waals surface area (Å²) in [4.78, 5) is 11.8. The molecule has 0 heterocycles. The molecule has 1 saturated carbocycles. The van der Waals surface area contributed by atoms with E-state index in [2.05, 4.69) is 21.2 Å². The van der Waals surface area contributed by atoms with E-state index in [4.69, 9.17) is 10.5 Å². The van der Waals surface area contributed by atoms with Crippen molar-refractivity contribution in [2.45, 2.75) is 25.3 Å². The van der Waals surface area contributed by atoms with E-state index in [0.29, 0.717) is 13.2 Å². The lowest BCUT2D eigenvalue weighted by atomic mass is 10.1. The highest BCUT2D eigenvalue weighted by Crippen LogP contribution is 2.24. The molecule has 2 rings (SSSR count). The van der Waals surface area contributed by atoms with Crippen molar-refractivity contribution in [3.63, 3.8) is 0 Å². The van der Waals surface area contributed by atoms with Crippen molar-refractivity contribution in [2.75, 3.05) is 13.2 Å². The molecule has 0 spiro atoms. The second-order valence-corrected chi connectivity index (χ2v) is 5.78. The van der Waals surface area contributed by atoms with Gasteiger partial charge in [0.25, 0.3) is 0 Å². The zero-order chi connectivity index (χ0) is 13.7. The van der Waals surface area contributed by atoms with E-state index < -0.39 is 0 Å². The minimum atomic E-state index is 0. The zero-order valence-corrected chi connectivity index (χ0v) is 13.6. The third kappa shape index (κ3) is 5.31. The van der Waals surface area contributed by atoms with Gasteiger partial charge in [-0.15, -0.1) is 12.4 Å². The van der Waals surface area contributed by atoms with E-state index in [1.807, 2.05) is 24.3 Å². The minimum Gasteiger partial charge on any atom is -0.492 e. The molecular formula is C14H20BrClN2O2. The molecule has 1 amide bonds. The number of nitrogens with two attached hydrogens (primary N) is 1. The second-order valence-electron chi connectivity index (χ2n) is 4.87. The highest BCUT2D eigenvalue weighted by molar-refractivity contribution is 9.10. The summed E-state index contributed by atoms with van der Waals surface area (Å²) in [7, 11) is 0. The first-order valence-corrected chi connectivity index (χ1v) is 7.36. The van der Waals surface area contributed by atoms with Gasteiger partial charge in [0, 0.05) is 16.4 Å². The average molecular weight is 364 g/mol. The Balaban J connectivity index is 0.00000200. The number of amides is 1. The molecule has 1 aliphatic rings. The van der Waals surface area contributed by atoms with Gasteiger partial charge in [0.05, 0.1) is 6.54 Å². The minimum absolute atomic E-state index is 0. The summed E-state index contributed by atoms with van der Waals surface area (Å²) in [6, 6.07) is 7.84. The van der Waals surface area contributed by atoms with Crippen molar-refractivity contribution in [3.05, 3.63) is 28.7 Å². The van der Waals surface area contributed by atoms with Crippen molar-refractivity contribution in [3.8, 4) is 5.75 Å². The summed E-state index contributed by atoms with van der Waals surface area (Å²) in [6.07, 6.45) is 2.66. The molecule has 1 fully saturated rings. The van der Waals surface area contributed by atoms with E-state index in [1.54, 1.807) is 0 Å². The van der Waals surface area contributed by atoms with Crippen LogP contribution in [0.3, 0.4) is 0 Å². The number of hydrogen-bond acceptors (Lipinski definition) is 3. The lowest BCUT2D eigenvalue weighted by molar-refractivity contribution is -0.124. The van der Waals surface area contributed by atoms with Gasteiger partial charge in [-0.1, -0.05) is 22.0 Å². The third-order valence-electron chi connectivity index (χ3n) is 3.31. The van der Waals surface area contributed by atoms with Crippen LogP contribution in [-0.2, 0) is 4.79 Å². The standard InChI is InChI=1S/C14H19BrN2O2.ClH/c15-11-2-1-3-13(9-11)19-7-6-17-14(18)10-4-5-12(16)8-10;/h1-3,9-10,12H,4-8,16H2,(H,17,18);1H. The molecule has 1 aliphatic carbocycles. The Labute approximate surface area is 134 Å². The van der Waals surface area contributed by atoms with Crippen LogP contribution >= 0.6 is 28.3 Å². The summed E-state index contributed by atoms with van der Waals surface area (Å²) in [5.41, 5.74) is 5.80. The molecule has 0 bridgehead atoms. The largest absolute Gasteiger partial charge is 0.492 e. The van der Waals surface area contributed by atoms with Crippen LogP contribution in [0.15, 0.2) is 28.7 Å². The van der Waals surface area contributed by atoms with E-state index in [9.17, 15) is 4.79 Å². The summed E-state index contributed by atoms with van der Waals surface area (Å²) >= 11 is 3.38. The van der Waals surface area contributed by atoms with Crippen LogP contribution in [0.5, 0.6) is 5.75 Å². The first-order chi connectivity index (χ1) is 9.15. The highest BCUT2D eigenvalue weighted by Gasteiger charge is 2.27. The quantitative estimate of drug-likeness (QED) is 0.790. The Morgan fingerprint density at radius 3 is 2.90 bits per heavy atom. The fourth-order valence-electron chi connectivity index (χ4n) is 2.30. The number of benzene rings is 1. The van der Waals surface area contributed by atoms with Crippen LogP contribution in [0, 0.1) is 5.92 Å². The van der Waals surface area contributed by atoms with Gasteiger partial charge in [0.2, 0.25) is 5.91 Å². The number of halogens is 2. The smallest absolute Gasteiger partial charge is 0.223 e. The number of carbonyl (C=O) groups excluding carboxylic acids is 1. The van der Waals surface area contributed by atoms with E-state index in [-0.39, 0.29) is 30.3 Å². The first-order valence-electron chi connectivity index (χ1n) is 6.57. The Morgan fingerprint density at radius 1 is 1.45 bits per heavy atom. The van der Waals surface area contributed by atoms with Crippen molar-refractivity contribution in [2.24, 2.45) is 11.7 Å². The van der Waals surface area contributed by atoms with Gasteiger partial charge in [0.15, 0.2) is 0 Å². The maximum atomic E-state index is 11.8. The number of carbonyl (C=O) groups is 1.